The number of aryl methyl sites for hydroxylation is 1. The first-order chi connectivity index (χ1) is 8.08. The molecule has 0 spiro atoms. The van der Waals surface area contributed by atoms with Crippen molar-refractivity contribution in [1.29, 1.82) is 0 Å². The van der Waals surface area contributed by atoms with Gasteiger partial charge < -0.3 is 9.84 Å². The summed E-state index contributed by atoms with van der Waals surface area (Å²) in [5.41, 5.74) is 0.939. The van der Waals surface area contributed by atoms with E-state index in [1.54, 1.807) is 6.92 Å². The summed E-state index contributed by atoms with van der Waals surface area (Å²) in [6, 6.07) is 10.2. The number of benzene rings is 1. The van der Waals surface area contributed by atoms with Crippen molar-refractivity contribution in [2.75, 3.05) is 0 Å². The molecule has 0 radical (unpaired) electrons. The molecule has 0 saturated carbocycles. The van der Waals surface area contributed by atoms with E-state index in [0.717, 1.165) is 6.54 Å². The molecule has 0 amide bonds. The van der Waals surface area contributed by atoms with Crippen molar-refractivity contribution in [3.63, 3.8) is 0 Å². The molecule has 0 saturated heterocycles. The molecule has 1 heterocycles. The lowest BCUT2D eigenvalue weighted by Gasteiger charge is -2.22. The van der Waals surface area contributed by atoms with Crippen LogP contribution in [-0.2, 0) is 12.1 Å². The zero-order valence-electron chi connectivity index (χ0n) is 10.8. The lowest BCUT2D eigenvalue weighted by atomic mass is 10.0. The van der Waals surface area contributed by atoms with Gasteiger partial charge in [-0.25, -0.2) is 0 Å². The molecule has 1 N–H and O–H groups in total. The lowest BCUT2D eigenvalue weighted by molar-refractivity contribution is 0.337. The van der Waals surface area contributed by atoms with Crippen LogP contribution in [0.5, 0.6) is 0 Å². The Morgan fingerprint density at radius 3 is 2.44 bits per heavy atom. The number of aromatic nitrogens is 2. The van der Waals surface area contributed by atoms with Gasteiger partial charge >= 0.3 is 0 Å². The summed E-state index contributed by atoms with van der Waals surface area (Å²) in [5.74, 6) is 1.28. The molecule has 4 nitrogen and oxygen atoms in total. The number of hydrogen-bond donors (Lipinski definition) is 1. The van der Waals surface area contributed by atoms with Crippen LogP contribution in [0.1, 0.15) is 31.1 Å². The predicted octanol–water partition coefficient (Wildman–Crippen LogP) is 2.82. The average Bonchev–Trinajstić information content (AvgIpc) is 2.76. The topological polar surface area (TPSA) is 51.0 Å². The van der Waals surface area contributed by atoms with E-state index in [0.29, 0.717) is 11.7 Å². The van der Waals surface area contributed by atoms with Crippen LogP contribution in [0, 0.1) is 6.92 Å². The Bertz CT molecular complexity index is 482. The van der Waals surface area contributed by atoms with Gasteiger partial charge in [0.05, 0.1) is 5.54 Å². The fraction of sp³-hybridized carbons (Fsp3) is 0.385. The molecule has 18 heavy (non-hydrogen) atoms. The van der Waals surface area contributed by atoms with Crippen LogP contribution in [-0.4, -0.2) is 10.1 Å². The zero-order chi connectivity index (χ0) is 12.3. The summed E-state index contributed by atoms with van der Waals surface area (Å²) in [6.45, 7) is 6.66. The third-order valence-corrected chi connectivity index (χ3v) is 2.66. The first-order valence-corrected chi connectivity index (χ1v) is 5.68. The van der Waals surface area contributed by atoms with E-state index in [1.807, 2.05) is 32.0 Å². The molecule has 0 aliphatic carbocycles. The van der Waals surface area contributed by atoms with E-state index in [2.05, 4.69) is 27.6 Å². The van der Waals surface area contributed by atoms with Crippen LogP contribution in [0.2, 0.25) is 0 Å². The van der Waals surface area contributed by atoms with Gasteiger partial charge in [0.25, 0.3) is 0 Å². The summed E-state index contributed by atoms with van der Waals surface area (Å²) in [4.78, 5) is 4.25. The lowest BCUT2D eigenvalue weighted by Crippen LogP contribution is -2.37. The van der Waals surface area contributed by atoms with Gasteiger partial charge in [0.2, 0.25) is 5.89 Å². The number of nitrogens with one attached hydrogen (secondary N) is 1. The Balaban J connectivity index is 0.00000162. The van der Waals surface area contributed by atoms with Crippen molar-refractivity contribution in [1.82, 2.24) is 15.5 Å². The molecule has 0 bridgehead atoms. The summed E-state index contributed by atoms with van der Waals surface area (Å²) in [5, 5.41) is 7.37. The van der Waals surface area contributed by atoms with Crippen molar-refractivity contribution < 1.29 is 4.52 Å². The number of halogens is 1. The fourth-order valence-electron chi connectivity index (χ4n) is 1.55. The van der Waals surface area contributed by atoms with Gasteiger partial charge in [-0.1, -0.05) is 35.5 Å². The van der Waals surface area contributed by atoms with Gasteiger partial charge in [0, 0.05) is 13.5 Å². The maximum Gasteiger partial charge on any atom is 0.223 e. The highest BCUT2D eigenvalue weighted by molar-refractivity contribution is 5.85. The smallest absolute Gasteiger partial charge is 0.223 e. The highest BCUT2D eigenvalue weighted by Crippen LogP contribution is 2.17. The molecule has 0 unspecified atom stereocenters. The van der Waals surface area contributed by atoms with E-state index >= 15 is 0 Å². The minimum absolute atomic E-state index is 0. The van der Waals surface area contributed by atoms with Crippen LogP contribution in [0.4, 0.5) is 0 Å². The molecule has 5 heteroatoms. The molecule has 0 aliphatic heterocycles. The second kappa shape index (κ2) is 5.98. The number of hydrogen-bond acceptors (Lipinski definition) is 4. The molecule has 98 valence electrons. The van der Waals surface area contributed by atoms with Crippen molar-refractivity contribution in [2.24, 2.45) is 0 Å². The molecule has 1 aromatic carbocycles. The molecule has 2 rings (SSSR count). The maximum atomic E-state index is 5.00. The maximum absolute atomic E-state index is 5.00. The summed E-state index contributed by atoms with van der Waals surface area (Å²) < 4.78 is 5.00. The largest absolute Gasteiger partial charge is 0.340 e. The molecular formula is C13H18ClN3O. The van der Waals surface area contributed by atoms with E-state index < -0.39 is 0 Å². The van der Waals surface area contributed by atoms with Gasteiger partial charge in [0.15, 0.2) is 5.82 Å². The Hall–Kier alpha value is -1.39. The van der Waals surface area contributed by atoms with Gasteiger partial charge in [-0.3, -0.25) is 0 Å². The fourth-order valence-corrected chi connectivity index (χ4v) is 1.55. The zero-order valence-corrected chi connectivity index (χ0v) is 11.6. The minimum Gasteiger partial charge on any atom is -0.340 e. The monoisotopic (exact) mass is 267 g/mol. The molecular weight excluding hydrogens is 250 g/mol. The SMILES string of the molecule is Cc1nc(C(C)(C)NCc2ccccc2)no1.Cl. The van der Waals surface area contributed by atoms with Crippen molar-refractivity contribution >= 4 is 12.4 Å². The summed E-state index contributed by atoms with van der Waals surface area (Å²) in [6.07, 6.45) is 0. The van der Waals surface area contributed by atoms with Crippen LogP contribution in [0.25, 0.3) is 0 Å². The van der Waals surface area contributed by atoms with Gasteiger partial charge in [-0.15, -0.1) is 12.4 Å². The van der Waals surface area contributed by atoms with E-state index in [1.165, 1.54) is 5.56 Å². The molecule has 1 aromatic heterocycles. The van der Waals surface area contributed by atoms with Crippen molar-refractivity contribution in [3.8, 4) is 0 Å². The third kappa shape index (κ3) is 3.55. The molecule has 2 aromatic rings. The van der Waals surface area contributed by atoms with E-state index in [-0.39, 0.29) is 17.9 Å². The third-order valence-electron chi connectivity index (χ3n) is 2.66. The minimum atomic E-state index is -0.298. The molecule has 0 aliphatic rings. The van der Waals surface area contributed by atoms with Crippen LogP contribution in [0.3, 0.4) is 0 Å². The first-order valence-electron chi connectivity index (χ1n) is 5.68. The average molecular weight is 268 g/mol. The van der Waals surface area contributed by atoms with Crippen molar-refractivity contribution in [2.45, 2.75) is 32.9 Å². The summed E-state index contributed by atoms with van der Waals surface area (Å²) in [7, 11) is 0. The second-order valence-electron chi connectivity index (χ2n) is 4.60. The Kier molecular flexibility index (Phi) is 4.87. The Morgan fingerprint density at radius 2 is 1.89 bits per heavy atom. The van der Waals surface area contributed by atoms with Gasteiger partial charge in [-0.05, 0) is 19.4 Å². The Morgan fingerprint density at radius 1 is 1.22 bits per heavy atom. The first kappa shape index (κ1) is 14.7. The van der Waals surface area contributed by atoms with Crippen molar-refractivity contribution in [3.05, 3.63) is 47.6 Å². The number of rotatable bonds is 4. The number of nitrogens with zero attached hydrogens (tertiary/aromatic N) is 2. The Labute approximate surface area is 113 Å². The van der Waals surface area contributed by atoms with E-state index in [4.69, 9.17) is 4.52 Å². The highest BCUT2D eigenvalue weighted by Gasteiger charge is 2.25. The predicted molar refractivity (Wildman–Crippen MR) is 72.6 cm³/mol. The van der Waals surface area contributed by atoms with Crippen LogP contribution in [0.15, 0.2) is 34.9 Å². The standard InChI is InChI=1S/C13H17N3O.ClH/c1-10-15-12(16-17-10)13(2,3)14-9-11-7-5-4-6-8-11;/h4-8,14H,9H2,1-3H3;1H. The molecule has 0 atom stereocenters. The van der Waals surface area contributed by atoms with Gasteiger partial charge in [-0.2, -0.15) is 4.98 Å². The van der Waals surface area contributed by atoms with Crippen LogP contribution < -0.4 is 5.32 Å². The second-order valence-corrected chi connectivity index (χ2v) is 4.60. The highest BCUT2D eigenvalue weighted by atomic mass is 35.5. The van der Waals surface area contributed by atoms with Crippen LogP contribution >= 0.6 is 12.4 Å². The van der Waals surface area contributed by atoms with E-state index in [9.17, 15) is 0 Å². The normalized spacial score (nSPS) is 11.1. The molecule has 0 fully saturated rings. The quantitative estimate of drug-likeness (QED) is 0.926. The van der Waals surface area contributed by atoms with Gasteiger partial charge in [0.1, 0.15) is 0 Å². The summed E-state index contributed by atoms with van der Waals surface area (Å²) >= 11 is 0.